The van der Waals surface area contributed by atoms with E-state index in [0.717, 1.165) is 34.8 Å². The van der Waals surface area contributed by atoms with Gasteiger partial charge in [0.25, 0.3) is 0 Å². The molecule has 0 radical (unpaired) electrons. The van der Waals surface area contributed by atoms with E-state index >= 15 is 0 Å². The maximum Gasteiger partial charge on any atom is 0.132 e. The predicted octanol–water partition coefficient (Wildman–Crippen LogP) is 3.81. The molecule has 3 rings (SSSR count). The molecule has 0 aliphatic rings. The summed E-state index contributed by atoms with van der Waals surface area (Å²) in [6.07, 6.45) is 1.80. The zero-order valence-corrected chi connectivity index (χ0v) is 11.3. The Balaban J connectivity index is 1.87. The molecule has 4 heteroatoms. The number of aromatic nitrogens is 2. The molecule has 0 saturated heterocycles. The summed E-state index contributed by atoms with van der Waals surface area (Å²) in [7, 11) is 0. The zero-order chi connectivity index (χ0) is 13.8. The zero-order valence-electron chi connectivity index (χ0n) is 11.3. The van der Waals surface area contributed by atoms with E-state index in [4.69, 9.17) is 0 Å². The van der Waals surface area contributed by atoms with Gasteiger partial charge in [0.1, 0.15) is 11.6 Å². The van der Waals surface area contributed by atoms with E-state index in [1.54, 1.807) is 6.20 Å². The Hall–Kier alpha value is -2.62. The SMILES string of the molecule is CCNc1cccc(Nc2ccc3ncccc3c2)n1. The Morgan fingerprint density at radius 2 is 1.90 bits per heavy atom. The van der Waals surface area contributed by atoms with Crippen molar-refractivity contribution in [1.82, 2.24) is 9.97 Å². The first-order chi connectivity index (χ1) is 9.85. The molecule has 2 heterocycles. The van der Waals surface area contributed by atoms with Gasteiger partial charge in [-0.1, -0.05) is 12.1 Å². The molecule has 1 aromatic carbocycles. The quantitative estimate of drug-likeness (QED) is 0.752. The molecular weight excluding hydrogens is 248 g/mol. The van der Waals surface area contributed by atoms with Crippen LogP contribution in [0.5, 0.6) is 0 Å². The smallest absolute Gasteiger partial charge is 0.132 e. The lowest BCUT2D eigenvalue weighted by atomic mass is 10.2. The number of benzene rings is 1. The lowest BCUT2D eigenvalue weighted by Gasteiger charge is -2.08. The fourth-order valence-corrected chi connectivity index (χ4v) is 2.09. The second-order valence-corrected chi connectivity index (χ2v) is 4.47. The van der Waals surface area contributed by atoms with Crippen molar-refractivity contribution in [2.24, 2.45) is 0 Å². The summed E-state index contributed by atoms with van der Waals surface area (Å²) in [6.45, 7) is 2.91. The van der Waals surface area contributed by atoms with Crippen LogP contribution in [0.1, 0.15) is 6.92 Å². The van der Waals surface area contributed by atoms with E-state index < -0.39 is 0 Å². The molecule has 4 nitrogen and oxygen atoms in total. The predicted molar refractivity (Wildman–Crippen MR) is 83.4 cm³/mol. The van der Waals surface area contributed by atoms with Crippen LogP contribution in [0.2, 0.25) is 0 Å². The van der Waals surface area contributed by atoms with Gasteiger partial charge >= 0.3 is 0 Å². The maximum absolute atomic E-state index is 4.50. The Labute approximate surface area is 117 Å². The van der Waals surface area contributed by atoms with E-state index in [0.29, 0.717) is 0 Å². The van der Waals surface area contributed by atoms with Crippen LogP contribution < -0.4 is 10.6 Å². The largest absolute Gasteiger partial charge is 0.370 e. The third-order valence-corrected chi connectivity index (χ3v) is 2.98. The molecule has 0 spiro atoms. The van der Waals surface area contributed by atoms with Gasteiger partial charge in [-0.15, -0.1) is 0 Å². The van der Waals surface area contributed by atoms with Crippen molar-refractivity contribution in [3.8, 4) is 0 Å². The molecule has 0 fully saturated rings. The number of hydrogen-bond acceptors (Lipinski definition) is 4. The number of fused-ring (bicyclic) bond motifs is 1. The number of hydrogen-bond donors (Lipinski definition) is 2. The number of pyridine rings is 2. The minimum atomic E-state index is 0.826. The molecule has 0 saturated carbocycles. The minimum Gasteiger partial charge on any atom is -0.370 e. The lowest BCUT2D eigenvalue weighted by molar-refractivity contribution is 1.16. The van der Waals surface area contributed by atoms with Gasteiger partial charge in [-0.2, -0.15) is 0 Å². The van der Waals surface area contributed by atoms with Gasteiger partial charge in [-0.3, -0.25) is 4.98 Å². The summed E-state index contributed by atoms with van der Waals surface area (Å²) in [6, 6.07) is 16.0. The van der Waals surface area contributed by atoms with Crippen LogP contribution in [0.4, 0.5) is 17.3 Å². The molecule has 0 amide bonds. The third-order valence-electron chi connectivity index (χ3n) is 2.98. The average molecular weight is 264 g/mol. The van der Waals surface area contributed by atoms with Crippen molar-refractivity contribution < 1.29 is 0 Å². The number of nitrogens with zero attached hydrogens (tertiary/aromatic N) is 2. The van der Waals surface area contributed by atoms with E-state index in [2.05, 4.69) is 39.7 Å². The summed E-state index contributed by atoms with van der Waals surface area (Å²) in [4.78, 5) is 8.81. The van der Waals surface area contributed by atoms with Crippen LogP contribution in [0, 0.1) is 0 Å². The minimum absolute atomic E-state index is 0.826. The van der Waals surface area contributed by atoms with Crippen molar-refractivity contribution in [3.05, 3.63) is 54.7 Å². The first-order valence-electron chi connectivity index (χ1n) is 6.68. The highest BCUT2D eigenvalue weighted by Gasteiger charge is 2.00. The molecule has 0 atom stereocenters. The van der Waals surface area contributed by atoms with Gasteiger partial charge in [0.2, 0.25) is 0 Å². The fourth-order valence-electron chi connectivity index (χ4n) is 2.09. The Morgan fingerprint density at radius 1 is 1.00 bits per heavy atom. The monoisotopic (exact) mass is 264 g/mol. The molecule has 20 heavy (non-hydrogen) atoms. The molecule has 0 bridgehead atoms. The van der Waals surface area contributed by atoms with Crippen LogP contribution in [0.25, 0.3) is 10.9 Å². The van der Waals surface area contributed by atoms with Gasteiger partial charge in [0, 0.05) is 23.8 Å². The first-order valence-corrected chi connectivity index (χ1v) is 6.68. The topological polar surface area (TPSA) is 49.8 Å². The highest BCUT2D eigenvalue weighted by Crippen LogP contribution is 2.20. The summed E-state index contributed by atoms with van der Waals surface area (Å²) in [5.74, 6) is 1.70. The Kier molecular flexibility index (Phi) is 3.46. The lowest BCUT2D eigenvalue weighted by Crippen LogP contribution is -2.01. The summed E-state index contributed by atoms with van der Waals surface area (Å²) in [5, 5.41) is 7.63. The molecular formula is C16H16N4. The summed E-state index contributed by atoms with van der Waals surface area (Å²) in [5.41, 5.74) is 2.00. The molecule has 3 aromatic rings. The molecule has 2 N–H and O–H groups in total. The summed E-state index contributed by atoms with van der Waals surface area (Å²) < 4.78 is 0. The third kappa shape index (κ3) is 2.69. The van der Waals surface area contributed by atoms with Crippen LogP contribution in [-0.2, 0) is 0 Å². The fraction of sp³-hybridized carbons (Fsp3) is 0.125. The van der Waals surface area contributed by atoms with Crippen molar-refractivity contribution in [3.63, 3.8) is 0 Å². The number of rotatable bonds is 4. The molecule has 2 aromatic heterocycles. The van der Waals surface area contributed by atoms with Crippen LogP contribution in [-0.4, -0.2) is 16.5 Å². The van der Waals surface area contributed by atoms with Crippen LogP contribution >= 0.6 is 0 Å². The van der Waals surface area contributed by atoms with Crippen LogP contribution in [0.15, 0.2) is 54.7 Å². The van der Waals surface area contributed by atoms with E-state index in [9.17, 15) is 0 Å². The van der Waals surface area contributed by atoms with E-state index in [1.165, 1.54) is 0 Å². The normalized spacial score (nSPS) is 10.4. The van der Waals surface area contributed by atoms with Gasteiger partial charge in [0.15, 0.2) is 0 Å². The highest BCUT2D eigenvalue weighted by atomic mass is 15.1. The van der Waals surface area contributed by atoms with Crippen molar-refractivity contribution in [2.45, 2.75) is 6.92 Å². The Bertz CT molecular complexity index is 724. The summed E-state index contributed by atoms with van der Waals surface area (Å²) >= 11 is 0. The van der Waals surface area contributed by atoms with Crippen molar-refractivity contribution in [1.29, 1.82) is 0 Å². The second kappa shape index (κ2) is 5.57. The van der Waals surface area contributed by atoms with Crippen LogP contribution in [0.3, 0.4) is 0 Å². The number of nitrogens with one attached hydrogen (secondary N) is 2. The molecule has 100 valence electrons. The van der Waals surface area contributed by atoms with Gasteiger partial charge in [0.05, 0.1) is 5.52 Å². The second-order valence-electron chi connectivity index (χ2n) is 4.47. The van der Waals surface area contributed by atoms with Gasteiger partial charge in [-0.25, -0.2) is 4.98 Å². The molecule has 0 aliphatic carbocycles. The number of anilines is 3. The maximum atomic E-state index is 4.50. The van der Waals surface area contributed by atoms with Gasteiger partial charge in [-0.05, 0) is 43.3 Å². The van der Waals surface area contributed by atoms with E-state index in [-0.39, 0.29) is 0 Å². The standard InChI is InChI=1S/C16H16N4/c1-2-17-15-6-3-7-16(20-15)19-13-8-9-14-12(11-13)5-4-10-18-14/h3-11H,2H2,1H3,(H2,17,19,20). The van der Waals surface area contributed by atoms with Crippen molar-refractivity contribution >= 4 is 28.2 Å². The van der Waals surface area contributed by atoms with Gasteiger partial charge < -0.3 is 10.6 Å². The Morgan fingerprint density at radius 3 is 2.80 bits per heavy atom. The molecule has 0 aliphatic heterocycles. The van der Waals surface area contributed by atoms with E-state index in [1.807, 2.05) is 36.4 Å². The molecule has 0 unspecified atom stereocenters. The van der Waals surface area contributed by atoms with Crippen molar-refractivity contribution in [2.75, 3.05) is 17.2 Å². The average Bonchev–Trinajstić information content (AvgIpc) is 2.48. The highest BCUT2D eigenvalue weighted by molar-refractivity contribution is 5.83. The first kappa shape index (κ1) is 12.4.